The molecule has 0 radical (unpaired) electrons. The number of nitrogens with two attached hydrogens (primary N) is 1. The van der Waals surface area contributed by atoms with Crippen LogP contribution >= 0.6 is 0 Å². The molecule has 4 rings (SSSR count). The summed E-state index contributed by atoms with van der Waals surface area (Å²) in [5, 5.41) is 7.46. The van der Waals surface area contributed by atoms with Crippen molar-refractivity contribution in [2.24, 2.45) is 41.2 Å². The fraction of sp³-hybridized carbons (Fsp3) is 0.852. The van der Waals surface area contributed by atoms with E-state index in [1.807, 2.05) is 0 Å². The van der Waals surface area contributed by atoms with Crippen LogP contribution < -0.4 is 16.4 Å². The molecule has 4 aliphatic rings. The van der Waals surface area contributed by atoms with Crippen molar-refractivity contribution in [2.45, 2.75) is 83.1 Å². The SMILES string of the molecule is NCCCNCCCNC(CCCC1CC2C=CC1C2)CCCC1CC2C=CC1C2. The molecule has 0 heterocycles. The van der Waals surface area contributed by atoms with Crippen molar-refractivity contribution < 1.29 is 0 Å². The molecule has 3 heteroatoms. The smallest absolute Gasteiger partial charge is 0.00670 e. The van der Waals surface area contributed by atoms with Crippen LogP contribution in [0.5, 0.6) is 0 Å². The normalized spacial score (nSPS) is 34.4. The van der Waals surface area contributed by atoms with Crippen molar-refractivity contribution in [2.75, 3.05) is 26.2 Å². The van der Waals surface area contributed by atoms with Gasteiger partial charge in [-0.15, -0.1) is 0 Å². The van der Waals surface area contributed by atoms with Crippen LogP contribution in [0, 0.1) is 35.5 Å². The van der Waals surface area contributed by atoms with Crippen molar-refractivity contribution in [3.63, 3.8) is 0 Å². The van der Waals surface area contributed by atoms with Crippen molar-refractivity contribution in [1.29, 1.82) is 0 Å². The molecule has 0 aromatic heterocycles. The molecule has 4 N–H and O–H groups in total. The maximum absolute atomic E-state index is 5.57. The molecule has 6 unspecified atom stereocenters. The van der Waals surface area contributed by atoms with Gasteiger partial charge in [0, 0.05) is 6.04 Å². The number of fused-ring (bicyclic) bond motifs is 4. The molecular formula is C27H47N3. The van der Waals surface area contributed by atoms with Crippen LogP contribution in [0.1, 0.15) is 77.0 Å². The topological polar surface area (TPSA) is 50.1 Å². The van der Waals surface area contributed by atoms with E-state index in [0.29, 0.717) is 0 Å². The minimum Gasteiger partial charge on any atom is -0.330 e. The Labute approximate surface area is 185 Å². The van der Waals surface area contributed by atoms with Gasteiger partial charge in [0.25, 0.3) is 0 Å². The van der Waals surface area contributed by atoms with Crippen LogP contribution in [0.25, 0.3) is 0 Å². The van der Waals surface area contributed by atoms with Crippen LogP contribution in [0.15, 0.2) is 24.3 Å². The molecule has 2 saturated carbocycles. The van der Waals surface area contributed by atoms with E-state index < -0.39 is 0 Å². The third-order valence-corrected chi connectivity index (χ3v) is 8.61. The van der Waals surface area contributed by atoms with E-state index in [0.717, 1.165) is 74.1 Å². The zero-order chi connectivity index (χ0) is 20.6. The molecule has 30 heavy (non-hydrogen) atoms. The average molecular weight is 414 g/mol. The summed E-state index contributed by atoms with van der Waals surface area (Å²) in [6.07, 6.45) is 26.7. The number of rotatable bonds is 16. The number of hydrogen-bond donors (Lipinski definition) is 3. The summed E-state index contributed by atoms with van der Waals surface area (Å²) < 4.78 is 0. The lowest BCUT2D eigenvalue weighted by Gasteiger charge is -2.23. The lowest BCUT2D eigenvalue weighted by molar-refractivity contribution is 0.343. The fourth-order valence-electron chi connectivity index (χ4n) is 6.93. The molecule has 0 aliphatic heterocycles. The fourth-order valence-corrected chi connectivity index (χ4v) is 6.93. The van der Waals surface area contributed by atoms with Crippen LogP contribution in [-0.2, 0) is 0 Å². The van der Waals surface area contributed by atoms with E-state index in [9.17, 15) is 0 Å². The van der Waals surface area contributed by atoms with Gasteiger partial charge >= 0.3 is 0 Å². The first kappa shape index (κ1) is 22.6. The summed E-state index contributed by atoms with van der Waals surface area (Å²) in [6, 6.07) is 0.734. The Morgan fingerprint density at radius 2 is 1.30 bits per heavy atom. The van der Waals surface area contributed by atoms with Gasteiger partial charge in [-0.25, -0.2) is 0 Å². The van der Waals surface area contributed by atoms with Crippen LogP contribution in [0.3, 0.4) is 0 Å². The Balaban J connectivity index is 1.12. The molecule has 0 amide bonds. The van der Waals surface area contributed by atoms with E-state index in [-0.39, 0.29) is 0 Å². The summed E-state index contributed by atoms with van der Waals surface area (Å²) in [6.45, 7) is 4.14. The first-order chi connectivity index (χ1) is 14.8. The maximum atomic E-state index is 5.57. The van der Waals surface area contributed by atoms with Gasteiger partial charge in [0.1, 0.15) is 0 Å². The van der Waals surface area contributed by atoms with E-state index >= 15 is 0 Å². The Hall–Kier alpha value is -0.640. The number of allylic oxidation sites excluding steroid dienone is 4. The Bertz CT molecular complexity index is 516. The Kier molecular flexibility index (Phi) is 8.89. The second-order valence-corrected chi connectivity index (χ2v) is 10.8. The van der Waals surface area contributed by atoms with Crippen LogP contribution in [0.2, 0.25) is 0 Å². The second kappa shape index (κ2) is 11.8. The highest BCUT2D eigenvalue weighted by Gasteiger charge is 2.36. The van der Waals surface area contributed by atoms with Gasteiger partial charge in [-0.05, 0) is 126 Å². The molecule has 0 saturated heterocycles. The summed E-state index contributed by atoms with van der Waals surface area (Å²) in [7, 11) is 0. The Morgan fingerprint density at radius 3 is 1.80 bits per heavy atom. The molecule has 6 atom stereocenters. The highest BCUT2D eigenvalue weighted by Crippen LogP contribution is 2.46. The van der Waals surface area contributed by atoms with Gasteiger partial charge in [0.15, 0.2) is 0 Å². The first-order valence-electron chi connectivity index (χ1n) is 13.3. The first-order valence-corrected chi connectivity index (χ1v) is 13.3. The van der Waals surface area contributed by atoms with Crippen molar-refractivity contribution >= 4 is 0 Å². The molecule has 4 bridgehead atoms. The van der Waals surface area contributed by atoms with Gasteiger partial charge in [-0.2, -0.15) is 0 Å². The predicted molar refractivity (Wildman–Crippen MR) is 128 cm³/mol. The predicted octanol–water partition coefficient (Wildman–Crippen LogP) is 5.04. The van der Waals surface area contributed by atoms with Crippen molar-refractivity contribution in [3.05, 3.63) is 24.3 Å². The summed E-state index contributed by atoms with van der Waals surface area (Å²) in [5.74, 6) is 5.69. The number of hydrogen-bond acceptors (Lipinski definition) is 3. The van der Waals surface area contributed by atoms with Crippen molar-refractivity contribution in [3.8, 4) is 0 Å². The highest BCUT2D eigenvalue weighted by atomic mass is 14.9. The summed E-state index contributed by atoms with van der Waals surface area (Å²) >= 11 is 0. The minimum atomic E-state index is 0.734. The van der Waals surface area contributed by atoms with E-state index in [4.69, 9.17) is 5.73 Å². The van der Waals surface area contributed by atoms with Gasteiger partial charge < -0.3 is 16.4 Å². The lowest BCUT2D eigenvalue weighted by atomic mass is 9.86. The second-order valence-electron chi connectivity index (χ2n) is 10.8. The van der Waals surface area contributed by atoms with E-state index in [1.165, 1.54) is 70.6 Å². The molecule has 0 spiro atoms. The molecule has 4 aliphatic carbocycles. The lowest BCUT2D eigenvalue weighted by Crippen LogP contribution is -2.32. The molecule has 2 fully saturated rings. The van der Waals surface area contributed by atoms with Crippen molar-refractivity contribution in [1.82, 2.24) is 10.6 Å². The largest absolute Gasteiger partial charge is 0.330 e. The maximum Gasteiger partial charge on any atom is 0.00670 e. The van der Waals surface area contributed by atoms with E-state index in [2.05, 4.69) is 34.9 Å². The zero-order valence-corrected chi connectivity index (χ0v) is 19.2. The summed E-state index contributed by atoms with van der Waals surface area (Å²) in [5.41, 5.74) is 5.57. The number of nitrogens with one attached hydrogen (secondary N) is 2. The molecular weight excluding hydrogens is 366 g/mol. The van der Waals surface area contributed by atoms with Gasteiger partial charge in [-0.1, -0.05) is 37.1 Å². The summed E-state index contributed by atoms with van der Waals surface area (Å²) in [4.78, 5) is 0. The highest BCUT2D eigenvalue weighted by molar-refractivity contribution is 5.10. The van der Waals surface area contributed by atoms with Crippen LogP contribution in [0.4, 0.5) is 0 Å². The zero-order valence-electron chi connectivity index (χ0n) is 19.2. The van der Waals surface area contributed by atoms with Gasteiger partial charge in [-0.3, -0.25) is 0 Å². The Morgan fingerprint density at radius 1 is 0.700 bits per heavy atom. The quantitative estimate of drug-likeness (QED) is 0.245. The third-order valence-electron chi connectivity index (χ3n) is 8.61. The third kappa shape index (κ3) is 6.43. The molecule has 170 valence electrons. The molecule has 0 aromatic rings. The monoisotopic (exact) mass is 413 g/mol. The molecule has 0 aromatic carbocycles. The average Bonchev–Trinajstić information content (AvgIpc) is 3.54. The standard InChI is InChI=1S/C27H47N3/c28-13-3-14-29-15-4-16-30-27(7-1-5-23-17-21-9-11-25(23)19-21)8-2-6-24-18-22-10-12-26(24)20-22/h9-12,21-27,29-30H,1-8,13-20,28H2. The van der Waals surface area contributed by atoms with Crippen LogP contribution in [-0.4, -0.2) is 32.2 Å². The van der Waals surface area contributed by atoms with Gasteiger partial charge in [0.2, 0.25) is 0 Å². The van der Waals surface area contributed by atoms with E-state index in [1.54, 1.807) is 0 Å². The molecule has 3 nitrogen and oxygen atoms in total. The van der Waals surface area contributed by atoms with Gasteiger partial charge in [0.05, 0.1) is 0 Å². The minimum absolute atomic E-state index is 0.734.